The molecule has 124 valence electrons. The average molecular weight is 337 g/mol. The maximum atomic E-state index is 12.3. The Morgan fingerprint density at radius 3 is 2.91 bits per heavy atom. The van der Waals surface area contributed by atoms with Crippen LogP contribution in [0.5, 0.6) is 0 Å². The molecule has 2 amide bonds. The maximum absolute atomic E-state index is 12.3. The number of hydrogen-bond donors (Lipinski definition) is 1. The highest BCUT2D eigenvalue weighted by atomic mass is 32.1. The molecule has 2 saturated heterocycles. The minimum atomic E-state index is -0.654. The monoisotopic (exact) mass is 337 g/mol. The number of carbonyl (C=O) groups excluding carboxylic acids is 3. The zero-order chi connectivity index (χ0) is 16.3. The summed E-state index contributed by atoms with van der Waals surface area (Å²) in [5.41, 5.74) is -0.654. The highest BCUT2D eigenvalue weighted by molar-refractivity contribution is 7.13. The van der Waals surface area contributed by atoms with Crippen molar-refractivity contribution >= 4 is 34.1 Å². The number of anilines is 1. The fraction of sp³-hybridized carbons (Fsp3) is 0.600. The lowest BCUT2D eigenvalue weighted by molar-refractivity contribution is -0.152. The predicted octanol–water partition coefficient (Wildman–Crippen LogP) is 1.21. The van der Waals surface area contributed by atoms with Crippen molar-refractivity contribution in [3.63, 3.8) is 0 Å². The van der Waals surface area contributed by atoms with E-state index in [0.29, 0.717) is 24.7 Å². The molecule has 0 unspecified atom stereocenters. The molecule has 3 rings (SSSR count). The summed E-state index contributed by atoms with van der Waals surface area (Å²) in [5.74, 6) is -0.422. The minimum Gasteiger partial charge on any atom is -0.367 e. The highest BCUT2D eigenvalue weighted by Crippen LogP contribution is 2.33. The number of ketones is 1. The molecule has 7 nitrogen and oxygen atoms in total. The summed E-state index contributed by atoms with van der Waals surface area (Å²) < 4.78 is 5.62. The number of amides is 2. The van der Waals surface area contributed by atoms with Gasteiger partial charge in [0.2, 0.25) is 11.8 Å². The third kappa shape index (κ3) is 3.59. The van der Waals surface area contributed by atoms with E-state index in [1.165, 1.54) is 16.2 Å². The first-order chi connectivity index (χ1) is 11.1. The van der Waals surface area contributed by atoms with Gasteiger partial charge in [0.1, 0.15) is 5.60 Å². The summed E-state index contributed by atoms with van der Waals surface area (Å²) in [6.45, 7) is 1.22. The van der Waals surface area contributed by atoms with Gasteiger partial charge < -0.3 is 15.0 Å². The lowest BCUT2D eigenvalue weighted by Crippen LogP contribution is -2.53. The summed E-state index contributed by atoms with van der Waals surface area (Å²) in [6, 6.07) is 0. The number of hydrogen-bond acceptors (Lipinski definition) is 6. The van der Waals surface area contributed by atoms with Crippen LogP contribution < -0.4 is 5.32 Å². The Morgan fingerprint density at radius 2 is 2.26 bits per heavy atom. The molecule has 1 aromatic heterocycles. The van der Waals surface area contributed by atoms with Gasteiger partial charge >= 0.3 is 0 Å². The number of carbonyl (C=O) groups is 3. The van der Waals surface area contributed by atoms with Crippen molar-refractivity contribution in [1.82, 2.24) is 9.88 Å². The topological polar surface area (TPSA) is 88.6 Å². The number of thiazole rings is 1. The van der Waals surface area contributed by atoms with Crippen molar-refractivity contribution < 1.29 is 19.1 Å². The van der Waals surface area contributed by atoms with Crippen LogP contribution in [0.15, 0.2) is 11.6 Å². The second-order valence-corrected chi connectivity index (χ2v) is 6.71. The molecule has 1 N–H and O–H groups in total. The first kappa shape index (κ1) is 16.1. The van der Waals surface area contributed by atoms with Gasteiger partial charge in [0, 0.05) is 44.0 Å². The average Bonchev–Trinajstić information content (AvgIpc) is 3.20. The second kappa shape index (κ2) is 6.76. The Kier molecular flexibility index (Phi) is 4.72. The Bertz CT molecular complexity index is 596. The van der Waals surface area contributed by atoms with E-state index in [-0.39, 0.29) is 37.0 Å². The van der Waals surface area contributed by atoms with Gasteiger partial charge in [0.25, 0.3) is 0 Å². The van der Waals surface area contributed by atoms with E-state index >= 15 is 0 Å². The van der Waals surface area contributed by atoms with Crippen LogP contribution in [0.2, 0.25) is 0 Å². The number of likely N-dealkylation sites (tertiary alicyclic amines) is 1. The molecule has 2 fully saturated rings. The van der Waals surface area contributed by atoms with Crippen LogP contribution in [0.1, 0.15) is 32.1 Å². The Morgan fingerprint density at radius 1 is 1.39 bits per heavy atom. The third-order valence-corrected chi connectivity index (χ3v) is 5.02. The summed E-state index contributed by atoms with van der Waals surface area (Å²) in [5, 5.41) is 4.93. The fourth-order valence-corrected chi connectivity index (χ4v) is 3.57. The van der Waals surface area contributed by atoms with Crippen LogP contribution >= 0.6 is 11.3 Å². The number of ether oxygens (including phenoxy) is 1. The number of rotatable bonds is 4. The maximum Gasteiger partial charge on any atom is 0.226 e. The van der Waals surface area contributed by atoms with Gasteiger partial charge in [-0.1, -0.05) is 0 Å². The molecule has 0 saturated carbocycles. The molecule has 1 spiro atoms. The van der Waals surface area contributed by atoms with E-state index in [0.717, 1.165) is 12.8 Å². The van der Waals surface area contributed by atoms with E-state index in [1.807, 2.05) is 0 Å². The first-order valence-corrected chi connectivity index (χ1v) is 8.61. The van der Waals surface area contributed by atoms with E-state index < -0.39 is 5.60 Å². The largest absolute Gasteiger partial charge is 0.367 e. The van der Waals surface area contributed by atoms with Gasteiger partial charge in [-0.2, -0.15) is 0 Å². The normalized spacial score (nSPS) is 24.2. The molecule has 1 aromatic rings. The van der Waals surface area contributed by atoms with Gasteiger partial charge in [-0.15, -0.1) is 11.3 Å². The van der Waals surface area contributed by atoms with Gasteiger partial charge in [0.05, 0.1) is 6.54 Å². The van der Waals surface area contributed by atoms with Crippen molar-refractivity contribution in [2.45, 2.75) is 37.7 Å². The van der Waals surface area contributed by atoms with Gasteiger partial charge in [-0.3, -0.25) is 14.4 Å². The third-order valence-electron chi connectivity index (χ3n) is 4.33. The summed E-state index contributed by atoms with van der Waals surface area (Å²) in [7, 11) is 0. The van der Waals surface area contributed by atoms with Gasteiger partial charge in [-0.25, -0.2) is 4.98 Å². The SMILES string of the molecule is O=C(CCC(=O)N1CC[C@@]2(CCCO2)C(=O)C1)Nc1nccs1. The highest BCUT2D eigenvalue weighted by Gasteiger charge is 2.46. The zero-order valence-electron chi connectivity index (χ0n) is 12.7. The van der Waals surface area contributed by atoms with Crippen molar-refractivity contribution in [3.8, 4) is 0 Å². The van der Waals surface area contributed by atoms with Crippen molar-refractivity contribution in [2.24, 2.45) is 0 Å². The lowest BCUT2D eigenvalue weighted by Gasteiger charge is -2.37. The first-order valence-electron chi connectivity index (χ1n) is 7.73. The molecule has 2 aliphatic rings. The van der Waals surface area contributed by atoms with Crippen LogP contribution in [-0.2, 0) is 19.1 Å². The number of piperidine rings is 1. The molecule has 3 heterocycles. The molecule has 0 radical (unpaired) electrons. The molecule has 8 heteroatoms. The van der Waals surface area contributed by atoms with Crippen LogP contribution in [0.4, 0.5) is 5.13 Å². The summed E-state index contributed by atoms with van der Waals surface area (Å²) >= 11 is 1.33. The molecule has 23 heavy (non-hydrogen) atoms. The molecule has 2 aliphatic heterocycles. The van der Waals surface area contributed by atoms with E-state index in [9.17, 15) is 14.4 Å². The molecule has 0 bridgehead atoms. The van der Waals surface area contributed by atoms with Crippen LogP contribution in [-0.4, -0.2) is 52.8 Å². The molecule has 1 atom stereocenters. The smallest absolute Gasteiger partial charge is 0.226 e. The van der Waals surface area contributed by atoms with Gasteiger partial charge in [-0.05, 0) is 12.8 Å². The summed E-state index contributed by atoms with van der Waals surface area (Å²) in [4.78, 5) is 41.7. The van der Waals surface area contributed by atoms with Crippen LogP contribution in [0, 0.1) is 0 Å². The number of nitrogens with zero attached hydrogens (tertiary/aromatic N) is 2. The van der Waals surface area contributed by atoms with E-state index in [2.05, 4.69) is 10.3 Å². The number of nitrogens with one attached hydrogen (secondary N) is 1. The van der Waals surface area contributed by atoms with Gasteiger partial charge in [0.15, 0.2) is 10.9 Å². The molecular weight excluding hydrogens is 318 g/mol. The van der Waals surface area contributed by atoms with E-state index in [4.69, 9.17) is 4.74 Å². The zero-order valence-corrected chi connectivity index (χ0v) is 13.6. The molecule has 0 aromatic carbocycles. The Hall–Kier alpha value is -1.80. The van der Waals surface area contributed by atoms with Crippen LogP contribution in [0.25, 0.3) is 0 Å². The Balaban J connectivity index is 1.46. The van der Waals surface area contributed by atoms with Crippen molar-refractivity contribution in [2.75, 3.05) is 25.0 Å². The quantitative estimate of drug-likeness (QED) is 0.892. The van der Waals surface area contributed by atoms with E-state index in [1.54, 1.807) is 11.6 Å². The van der Waals surface area contributed by atoms with Crippen LogP contribution in [0.3, 0.4) is 0 Å². The number of aromatic nitrogens is 1. The molecule has 0 aliphatic carbocycles. The van der Waals surface area contributed by atoms with Crippen molar-refractivity contribution in [3.05, 3.63) is 11.6 Å². The summed E-state index contributed by atoms with van der Waals surface area (Å²) in [6.07, 6.45) is 4.00. The second-order valence-electron chi connectivity index (χ2n) is 5.82. The fourth-order valence-electron chi connectivity index (χ4n) is 3.02. The predicted molar refractivity (Wildman–Crippen MR) is 84.1 cm³/mol. The molecular formula is C15H19N3O4S. The number of Topliss-reactive ketones (excluding diaryl/α,β-unsaturated/α-hetero) is 1. The minimum absolute atomic E-state index is 0.0122. The standard InChI is InChI=1S/C15H19N3O4S/c19-11-10-18(7-5-15(11)4-1-8-22-15)13(21)3-2-12(20)17-14-16-6-9-23-14/h6,9H,1-5,7-8,10H2,(H,16,17,20)/t15-/m0/s1. The Labute approximate surface area is 138 Å². The lowest BCUT2D eigenvalue weighted by atomic mass is 9.87. The van der Waals surface area contributed by atoms with Crippen molar-refractivity contribution in [1.29, 1.82) is 0 Å².